The summed E-state index contributed by atoms with van der Waals surface area (Å²) in [6, 6.07) is 2.08. The van der Waals surface area contributed by atoms with Gasteiger partial charge in [0.05, 0.1) is 19.0 Å². The Morgan fingerprint density at radius 3 is 2.94 bits per heavy atom. The summed E-state index contributed by atoms with van der Waals surface area (Å²) in [4.78, 5) is 4.26. The zero-order valence-corrected chi connectivity index (χ0v) is 11.3. The molecule has 0 aromatic carbocycles. The molecule has 98 valence electrons. The normalized spacial score (nSPS) is 29.6. The first-order valence-corrected chi connectivity index (χ1v) is 7.00. The van der Waals surface area contributed by atoms with Gasteiger partial charge in [-0.05, 0) is 50.0 Å². The number of nitrogens with one attached hydrogen (secondary N) is 1. The molecule has 0 spiro atoms. The Morgan fingerprint density at radius 1 is 1.39 bits per heavy atom. The number of hydrogen-bond donors (Lipinski definition) is 1. The van der Waals surface area contributed by atoms with Crippen LogP contribution in [0.4, 0.5) is 5.69 Å². The summed E-state index contributed by atoms with van der Waals surface area (Å²) < 4.78 is 5.35. The zero-order valence-electron chi connectivity index (χ0n) is 11.3. The molecule has 2 aliphatic rings. The van der Waals surface area contributed by atoms with Crippen LogP contribution in [-0.4, -0.2) is 18.6 Å². The lowest BCUT2D eigenvalue weighted by Gasteiger charge is -2.23. The topological polar surface area (TPSA) is 34.1 Å². The summed E-state index contributed by atoms with van der Waals surface area (Å²) in [6.45, 7) is 3.10. The molecular weight excluding hydrogens is 224 g/mol. The van der Waals surface area contributed by atoms with Gasteiger partial charge in [0.15, 0.2) is 5.75 Å². The Kier molecular flexibility index (Phi) is 3.14. The van der Waals surface area contributed by atoms with Gasteiger partial charge in [-0.2, -0.15) is 0 Å². The van der Waals surface area contributed by atoms with Crippen molar-refractivity contribution < 1.29 is 4.74 Å². The van der Waals surface area contributed by atoms with Crippen LogP contribution >= 0.6 is 0 Å². The van der Waals surface area contributed by atoms with Crippen LogP contribution < -0.4 is 10.1 Å². The molecule has 1 N–H and O–H groups in total. The van der Waals surface area contributed by atoms with E-state index in [-0.39, 0.29) is 0 Å². The van der Waals surface area contributed by atoms with Crippen LogP contribution in [0.2, 0.25) is 0 Å². The summed E-state index contributed by atoms with van der Waals surface area (Å²) in [5, 5.41) is 3.57. The van der Waals surface area contributed by atoms with Crippen molar-refractivity contribution in [2.75, 3.05) is 19.0 Å². The summed E-state index contributed by atoms with van der Waals surface area (Å²) in [7, 11) is 1.70. The number of hydrogen-bond acceptors (Lipinski definition) is 3. The van der Waals surface area contributed by atoms with Crippen LogP contribution in [0.5, 0.6) is 5.75 Å². The van der Waals surface area contributed by atoms with Crippen molar-refractivity contribution in [1.29, 1.82) is 0 Å². The molecule has 2 bridgehead atoms. The van der Waals surface area contributed by atoms with E-state index in [0.29, 0.717) is 0 Å². The highest BCUT2D eigenvalue weighted by Gasteiger charge is 2.39. The van der Waals surface area contributed by atoms with Gasteiger partial charge < -0.3 is 10.1 Å². The molecule has 1 aromatic heterocycles. The van der Waals surface area contributed by atoms with Crippen LogP contribution in [0.3, 0.4) is 0 Å². The summed E-state index contributed by atoms with van der Waals surface area (Å²) in [6.07, 6.45) is 7.61. The molecule has 2 aliphatic carbocycles. The maximum atomic E-state index is 5.35. The fourth-order valence-corrected chi connectivity index (χ4v) is 3.72. The van der Waals surface area contributed by atoms with E-state index < -0.39 is 0 Å². The van der Waals surface area contributed by atoms with E-state index in [0.717, 1.165) is 41.4 Å². The first kappa shape index (κ1) is 11.8. The number of pyridine rings is 1. The predicted molar refractivity (Wildman–Crippen MR) is 73.0 cm³/mol. The quantitative estimate of drug-likeness (QED) is 0.885. The number of methoxy groups -OCH3 is 1. The van der Waals surface area contributed by atoms with E-state index in [2.05, 4.69) is 16.4 Å². The van der Waals surface area contributed by atoms with Crippen molar-refractivity contribution >= 4 is 5.69 Å². The highest BCUT2D eigenvalue weighted by molar-refractivity contribution is 5.55. The number of nitrogens with zero attached hydrogens (tertiary/aromatic N) is 1. The lowest BCUT2D eigenvalue weighted by molar-refractivity contribution is 0.347. The lowest BCUT2D eigenvalue weighted by atomic mass is 9.89. The van der Waals surface area contributed by atoms with Crippen LogP contribution in [0.15, 0.2) is 12.3 Å². The van der Waals surface area contributed by atoms with Crippen LogP contribution in [0.25, 0.3) is 0 Å². The van der Waals surface area contributed by atoms with Gasteiger partial charge >= 0.3 is 0 Å². The number of fused-ring (bicyclic) bond motifs is 2. The second-order valence-electron chi connectivity index (χ2n) is 5.84. The van der Waals surface area contributed by atoms with Gasteiger partial charge in [0, 0.05) is 12.2 Å². The molecule has 3 rings (SSSR count). The standard InChI is InChI=1S/C15H22N2O/c1-10-5-14(15(18-2)9-16-10)17-8-13-7-11-3-4-12(13)6-11/h5,9,11-13H,3-4,6-8H2,1-2H3,(H,16,17). The van der Waals surface area contributed by atoms with Crippen molar-refractivity contribution in [2.45, 2.75) is 32.6 Å². The van der Waals surface area contributed by atoms with E-state index in [1.54, 1.807) is 13.3 Å². The third kappa shape index (κ3) is 2.18. The maximum absolute atomic E-state index is 5.35. The average Bonchev–Trinajstić information content (AvgIpc) is 2.98. The molecule has 3 nitrogen and oxygen atoms in total. The van der Waals surface area contributed by atoms with E-state index in [1.807, 2.05) is 6.92 Å². The van der Waals surface area contributed by atoms with Crippen LogP contribution in [-0.2, 0) is 0 Å². The van der Waals surface area contributed by atoms with Crippen molar-refractivity contribution in [1.82, 2.24) is 4.98 Å². The third-order valence-electron chi connectivity index (χ3n) is 4.66. The minimum Gasteiger partial charge on any atom is -0.493 e. The van der Waals surface area contributed by atoms with Gasteiger partial charge in [-0.1, -0.05) is 6.42 Å². The zero-order chi connectivity index (χ0) is 12.5. The molecule has 3 unspecified atom stereocenters. The monoisotopic (exact) mass is 246 g/mol. The average molecular weight is 246 g/mol. The highest BCUT2D eigenvalue weighted by Crippen LogP contribution is 2.48. The second kappa shape index (κ2) is 4.79. The molecule has 3 atom stereocenters. The second-order valence-corrected chi connectivity index (χ2v) is 5.84. The summed E-state index contributed by atoms with van der Waals surface area (Å²) in [5.41, 5.74) is 2.12. The molecular formula is C15H22N2O. The summed E-state index contributed by atoms with van der Waals surface area (Å²) >= 11 is 0. The number of ether oxygens (including phenoxy) is 1. The molecule has 18 heavy (non-hydrogen) atoms. The van der Waals surface area contributed by atoms with Gasteiger partial charge in [0.25, 0.3) is 0 Å². The molecule has 0 amide bonds. The molecule has 0 saturated heterocycles. The van der Waals surface area contributed by atoms with Gasteiger partial charge in [0.1, 0.15) is 0 Å². The lowest BCUT2D eigenvalue weighted by Crippen LogP contribution is -2.20. The number of rotatable bonds is 4. The van der Waals surface area contributed by atoms with Gasteiger partial charge in [-0.25, -0.2) is 0 Å². The van der Waals surface area contributed by atoms with E-state index in [1.165, 1.54) is 25.7 Å². The van der Waals surface area contributed by atoms with Crippen molar-refractivity contribution in [2.24, 2.45) is 17.8 Å². The molecule has 2 fully saturated rings. The number of anilines is 1. The Bertz CT molecular complexity index is 433. The fourth-order valence-electron chi connectivity index (χ4n) is 3.72. The number of aryl methyl sites for hydroxylation is 1. The van der Waals surface area contributed by atoms with E-state index >= 15 is 0 Å². The van der Waals surface area contributed by atoms with E-state index in [9.17, 15) is 0 Å². The Hall–Kier alpha value is -1.25. The van der Waals surface area contributed by atoms with Crippen molar-refractivity contribution in [3.8, 4) is 5.75 Å². The Labute approximate surface area is 109 Å². The van der Waals surface area contributed by atoms with Crippen LogP contribution in [0, 0.1) is 24.7 Å². The molecule has 1 heterocycles. The molecule has 3 heteroatoms. The molecule has 1 aromatic rings. The van der Waals surface area contributed by atoms with Crippen molar-refractivity contribution in [3.63, 3.8) is 0 Å². The Morgan fingerprint density at radius 2 is 2.28 bits per heavy atom. The smallest absolute Gasteiger partial charge is 0.160 e. The SMILES string of the molecule is COc1cnc(C)cc1NCC1CC2CCC1C2. The molecule has 0 radical (unpaired) electrons. The maximum Gasteiger partial charge on any atom is 0.160 e. The van der Waals surface area contributed by atoms with Gasteiger partial charge in [-0.3, -0.25) is 4.98 Å². The predicted octanol–water partition coefficient (Wildman–Crippen LogP) is 3.25. The minimum atomic E-state index is 0.851. The van der Waals surface area contributed by atoms with E-state index in [4.69, 9.17) is 4.74 Å². The Balaban J connectivity index is 1.64. The van der Waals surface area contributed by atoms with Crippen molar-refractivity contribution in [3.05, 3.63) is 18.0 Å². The first-order chi connectivity index (χ1) is 8.76. The van der Waals surface area contributed by atoms with Gasteiger partial charge in [0.2, 0.25) is 0 Å². The van der Waals surface area contributed by atoms with Gasteiger partial charge in [-0.15, -0.1) is 0 Å². The fraction of sp³-hybridized carbons (Fsp3) is 0.667. The minimum absolute atomic E-state index is 0.851. The van der Waals surface area contributed by atoms with Crippen LogP contribution in [0.1, 0.15) is 31.4 Å². The third-order valence-corrected chi connectivity index (χ3v) is 4.66. The largest absolute Gasteiger partial charge is 0.493 e. The highest BCUT2D eigenvalue weighted by atomic mass is 16.5. The summed E-state index contributed by atoms with van der Waals surface area (Å²) in [5.74, 6) is 3.70. The first-order valence-electron chi connectivity index (χ1n) is 7.00. The molecule has 0 aliphatic heterocycles. The number of aromatic nitrogens is 1. The molecule has 2 saturated carbocycles.